The van der Waals surface area contributed by atoms with Crippen LogP contribution in [0.25, 0.3) is 0 Å². The van der Waals surface area contributed by atoms with E-state index in [1.54, 1.807) is 12.1 Å². The molecule has 0 amide bonds. The molecule has 0 atom stereocenters. The van der Waals surface area contributed by atoms with Gasteiger partial charge in [0.2, 0.25) is 0 Å². The van der Waals surface area contributed by atoms with Crippen molar-refractivity contribution < 1.29 is 18.3 Å². The number of halogens is 2. The maximum Gasteiger partial charge on any atom is 0.337 e. The maximum atomic E-state index is 12.9. The van der Waals surface area contributed by atoms with Crippen LogP contribution in [0.1, 0.15) is 15.9 Å². The number of rotatable bonds is 3. The van der Waals surface area contributed by atoms with Crippen LogP contribution in [0.3, 0.4) is 0 Å². The quantitative estimate of drug-likeness (QED) is 0.896. The van der Waals surface area contributed by atoms with Gasteiger partial charge >= 0.3 is 5.97 Å². The van der Waals surface area contributed by atoms with Crippen LogP contribution in [-0.4, -0.2) is 26.0 Å². The van der Waals surface area contributed by atoms with E-state index in [2.05, 4.69) is 0 Å². The lowest BCUT2D eigenvalue weighted by atomic mass is 10.2. The van der Waals surface area contributed by atoms with Crippen molar-refractivity contribution in [2.45, 2.75) is 11.3 Å². The smallest absolute Gasteiger partial charge is 0.337 e. The highest BCUT2D eigenvalue weighted by atomic mass is 35.5. The number of carboxylic acid groups (broad SMARTS) is 1. The van der Waals surface area contributed by atoms with Gasteiger partial charge < -0.3 is 5.11 Å². The number of hydrogen-bond donors (Lipinski definition) is 1. The third-order valence-corrected chi connectivity index (χ3v) is 6.26. The van der Waals surface area contributed by atoms with Gasteiger partial charge in [0.25, 0.3) is 10.0 Å². The van der Waals surface area contributed by atoms with Crippen LogP contribution in [0.15, 0.2) is 41.3 Å². The van der Waals surface area contributed by atoms with Crippen LogP contribution in [0, 0.1) is 0 Å². The summed E-state index contributed by atoms with van der Waals surface area (Å²) in [7, 11) is -3.98. The van der Waals surface area contributed by atoms with Gasteiger partial charge in [-0.25, -0.2) is 13.2 Å². The summed E-state index contributed by atoms with van der Waals surface area (Å²) in [6.45, 7) is 0.281. The van der Waals surface area contributed by atoms with Crippen molar-refractivity contribution in [1.82, 2.24) is 0 Å². The van der Waals surface area contributed by atoms with Crippen molar-refractivity contribution in [3.63, 3.8) is 0 Å². The van der Waals surface area contributed by atoms with Gasteiger partial charge in [0.15, 0.2) is 0 Å². The minimum Gasteiger partial charge on any atom is -0.478 e. The molecule has 1 N–H and O–H groups in total. The summed E-state index contributed by atoms with van der Waals surface area (Å²) in [5.74, 6) is -1.31. The molecule has 3 rings (SSSR count). The number of hydrogen-bond acceptors (Lipinski definition) is 3. The van der Waals surface area contributed by atoms with Crippen LogP contribution in [-0.2, 0) is 16.4 Å². The maximum absolute atomic E-state index is 12.9. The fraction of sp³-hybridized carbons (Fsp3) is 0.133. The van der Waals surface area contributed by atoms with E-state index in [4.69, 9.17) is 28.3 Å². The predicted molar refractivity (Wildman–Crippen MR) is 88.1 cm³/mol. The van der Waals surface area contributed by atoms with E-state index in [0.717, 1.165) is 17.7 Å². The average Bonchev–Trinajstić information content (AvgIpc) is 2.91. The van der Waals surface area contributed by atoms with Crippen molar-refractivity contribution in [3.05, 3.63) is 57.6 Å². The molecule has 23 heavy (non-hydrogen) atoms. The molecule has 8 heteroatoms. The number of para-hydroxylation sites is 1. The second kappa shape index (κ2) is 5.70. The van der Waals surface area contributed by atoms with Gasteiger partial charge in [-0.05, 0) is 30.2 Å². The number of sulfonamides is 1. The molecule has 1 aliphatic rings. The molecule has 0 saturated heterocycles. The van der Waals surface area contributed by atoms with Crippen molar-refractivity contribution in [1.29, 1.82) is 0 Å². The lowest BCUT2D eigenvalue weighted by Gasteiger charge is -2.20. The Balaban J connectivity index is 2.15. The lowest BCUT2D eigenvalue weighted by molar-refractivity contribution is 0.0697. The molecule has 0 aliphatic carbocycles. The molecule has 0 bridgehead atoms. The van der Waals surface area contributed by atoms with Crippen LogP contribution < -0.4 is 4.31 Å². The van der Waals surface area contributed by atoms with Gasteiger partial charge in [0, 0.05) is 6.54 Å². The molecule has 0 aromatic heterocycles. The van der Waals surface area contributed by atoms with E-state index in [1.165, 1.54) is 4.31 Å². The zero-order chi connectivity index (χ0) is 16.8. The fourth-order valence-electron chi connectivity index (χ4n) is 2.57. The zero-order valence-corrected chi connectivity index (χ0v) is 14.0. The SMILES string of the molecule is O=C(O)c1cc(S(=O)(=O)N2CCc3ccccc32)c(Cl)cc1Cl. The Morgan fingerprint density at radius 1 is 1.13 bits per heavy atom. The molecule has 0 unspecified atom stereocenters. The third kappa shape index (κ3) is 2.67. The molecular weight excluding hydrogens is 361 g/mol. The Morgan fingerprint density at radius 3 is 2.52 bits per heavy atom. The van der Waals surface area contributed by atoms with Crippen LogP contribution in [0.2, 0.25) is 10.0 Å². The van der Waals surface area contributed by atoms with E-state index in [-0.39, 0.29) is 27.0 Å². The molecule has 2 aromatic rings. The molecule has 0 fully saturated rings. The first-order valence-electron chi connectivity index (χ1n) is 6.65. The zero-order valence-electron chi connectivity index (χ0n) is 11.7. The molecule has 0 spiro atoms. The van der Waals surface area contributed by atoms with Gasteiger partial charge in [-0.15, -0.1) is 0 Å². The topological polar surface area (TPSA) is 74.7 Å². The summed E-state index contributed by atoms with van der Waals surface area (Å²) < 4.78 is 27.1. The van der Waals surface area contributed by atoms with Crippen LogP contribution >= 0.6 is 23.2 Å². The molecule has 0 radical (unpaired) electrons. The first kappa shape index (κ1) is 16.1. The first-order valence-corrected chi connectivity index (χ1v) is 8.85. The molecular formula is C15H11Cl2NO4S. The van der Waals surface area contributed by atoms with Crippen LogP contribution in [0.4, 0.5) is 5.69 Å². The Morgan fingerprint density at radius 2 is 1.83 bits per heavy atom. The number of anilines is 1. The van der Waals surface area contributed by atoms with Gasteiger partial charge in [0.1, 0.15) is 4.90 Å². The minimum absolute atomic E-state index is 0.107. The van der Waals surface area contributed by atoms with Crippen molar-refractivity contribution in [2.75, 3.05) is 10.8 Å². The predicted octanol–water partition coefficient (Wildman–Crippen LogP) is 3.44. The van der Waals surface area contributed by atoms with Gasteiger partial charge in [-0.2, -0.15) is 0 Å². The highest BCUT2D eigenvalue weighted by Crippen LogP contribution is 2.36. The first-order chi connectivity index (χ1) is 10.8. The monoisotopic (exact) mass is 371 g/mol. The average molecular weight is 372 g/mol. The fourth-order valence-corrected chi connectivity index (χ4v) is 4.90. The van der Waals surface area contributed by atoms with Gasteiger partial charge in [0.05, 0.1) is 21.3 Å². The second-order valence-corrected chi connectivity index (χ2v) is 7.67. The molecule has 2 aromatic carbocycles. The molecule has 0 saturated carbocycles. The van der Waals surface area contributed by atoms with Crippen molar-refractivity contribution >= 4 is 44.9 Å². The van der Waals surface area contributed by atoms with Gasteiger partial charge in [-0.3, -0.25) is 4.31 Å². The number of carboxylic acids is 1. The summed E-state index contributed by atoms with van der Waals surface area (Å²) >= 11 is 11.8. The second-order valence-electron chi connectivity index (χ2n) is 5.02. The van der Waals surface area contributed by atoms with Crippen molar-refractivity contribution in [2.24, 2.45) is 0 Å². The summed E-state index contributed by atoms with van der Waals surface area (Å²) in [4.78, 5) is 10.9. The van der Waals surface area contributed by atoms with E-state index in [1.807, 2.05) is 12.1 Å². The summed E-state index contributed by atoms with van der Waals surface area (Å²) in [5.41, 5.74) is 1.19. The largest absolute Gasteiger partial charge is 0.478 e. The number of fused-ring (bicyclic) bond motifs is 1. The van der Waals surface area contributed by atoms with Crippen molar-refractivity contribution in [3.8, 4) is 0 Å². The lowest BCUT2D eigenvalue weighted by Crippen LogP contribution is -2.29. The van der Waals surface area contributed by atoms with Gasteiger partial charge in [-0.1, -0.05) is 41.4 Å². The third-order valence-electron chi connectivity index (χ3n) is 3.66. The molecule has 1 heterocycles. The Bertz CT molecular complexity index is 912. The van der Waals surface area contributed by atoms with E-state index < -0.39 is 16.0 Å². The molecule has 1 aliphatic heterocycles. The van der Waals surface area contributed by atoms with Crippen LogP contribution in [0.5, 0.6) is 0 Å². The highest BCUT2D eigenvalue weighted by molar-refractivity contribution is 7.93. The number of nitrogens with zero attached hydrogens (tertiary/aromatic N) is 1. The Labute approximate surface area is 143 Å². The molecule has 120 valence electrons. The summed E-state index contributed by atoms with van der Waals surface area (Å²) in [6.07, 6.45) is 0.590. The number of aromatic carboxylic acids is 1. The Kier molecular flexibility index (Phi) is 4.00. The summed E-state index contributed by atoms with van der Waals surface area (Å²) in [5, 5.41) is 8.92. The Hall–Kier alpha value is -1.76. The number of carbonyl (C=O) groups is 1. The standard InChI is InChI=1S/C15H11Cl2NO4S/c16-11-8-12(17)14(7-10(11)15(19)20)23(21,22)18-6-5-9-3-1-2-4-13(9)18/h1-4,7-8H,5-6H2,(H,19,20). The minimum atomic E-state index is -3.98. The number of benzene rings is 2. The van der Waals surface area contributed by atoms with E-state index in [9.17, 15) is 13.2 Å². The van der Waals surface area contributed by atoms with E-state index >= 15 is 0 Å². The highest BCUT2D eigenvalue weighted by Gasteiger charge is 2.33. The summed E-state index contributed by atoms with van der Waals surface area (Å²) in [6, 6.07) is 9.30. The van der Waals surface area contributed by atoms with E-state index in [0.29, 0.717) is 12.1 Å². The normalized spacial score (nSPS) is 13.9. The molecule has 5 nitrogen and oxygen atoms in total.